The molecule has 3 rings (SSSR count). The van der Waals surface area contributed by atoms with Gasteiger partial charge in [0.05, 0.1) is 0 Å². The van der Waals surface area contributed by atoms with E-state index >= 15 is 0 Å². The second-order valence-corrected chi connectivity index (χ2v) is 12.3. The number of aryl methyl sites for hydroxylation is 3. The van der Waals surface area contributed by atoms with Gasteiger partial charge in [-0.05, 0) is 0 Å². The molecule has 0 spiro atoms. The van der Waals surface area contributed by atoms with Crippen molar-refractivity contribution in [3.63, 3.8) is 0 Å². The molecule has 0 amide bonds. The van der Waals surface area contributed by atoms with Gasteiger partial charge in [0, 0.05) is 0 Å². The Hall–Kier alpha value is -1.97. The Balaban J connectivity index is 2.12. The van der Waals surface area contributed by atoms with Crippen LogP contribution >= 0.6 is 20.2 Å². The Bertz CT molecular complexity index is 1100. The molecule has 1 aromatic heterocycles. The SMILES string of the molecule is Cc1ccc(S(=O)(=O)OI(c2ccccc2)c2c(C)oc(C)cc2=O)cc1. The third kappa shape index (κ3) is 4.48. The molecule has 7 heteroatoms. The molecule has 0 fully saturated rings. The van der Waals surface area contributed by atoms with Crippen LogP contribution in [-0.4, -0.2) is 8.42 Å². The molecule has 5 nitrogen and oxygen atoms in total. The third-order valence-electron chi connectivity index (χ3n) is 3.73. The zero-order valence-corrected chi connectivity index (χ0v) is 18.1. The van der Waals surface area contributed by atoms with Gasteiger partial charge < -0.3 is 0 Å². The van der Waals surface area contributed by atoms with E-state index in [-0.39, 0.29) is 10.3 Å². The maximum atomic E-state index is 12.9. The predicted octanol–water partition coefficient (Wildman–Crippen LogP) is 4.43. The van der Waals surface area contributed by atoms with E-state index < -0.39 is 30.4 Å². The van der Waals surface area contributed by atoms with E-state index in [4.69, 9.17) is 6.93 Å². The van der Waals surface area contributed by atoms with E-state index in [1.54, 1.807) is 50.2 Å². The van der Waals surface area contributed by atoms with Crippen molar-refractivity contribution in [2.24, 2.45) is 0 Å². The van der Waals surface area contributed by atoms with Gasteiger partial charge in [-0.2, -0.15) is 0 Å². The Morgan fingerprint density at radius 1 is 0.926 bits per heavy atom. The average Bonchev–Trinajstić information content (AvgIpc) is 2.61. The Kier molecular flexibility index (Phi) is 5.83. The molecule has 0 aliphatic rings. The minimum atomic E-state index is -4.03. The molecular formula is C20H19IO5S. The first-order chi connectivity index (χ1) is 12.8. The van der Waals surface area contributed by atoms with E-state index in [2.05, 4.69) is 0 Å². The van der Waals surface area contributed by atoms with E-state index in [0.717, 1.165) is 5.56 Å². The standard InChI is InChI=1S/C20H19IO5S/c1-14-9-11-18(12-10-14)27(23,24)26-21(17-7-5-4-6-8-17)20-16(3)25-15(2)13-19(20)22/h4-13H,1-3H3. The normalized spacial score (nSPS) is 12.0. The van der Waals surface area contributed by atoms with Gasteiger partial charge in [0.25, 0.3) is 0 Å². The molecule has 0 aliphatic heterocycles. The summed E-state index contributed by atoms with van der Waals surface area (Å²) in [4.78, 5) is 12.7. The van der Waals surface area contributed by atoms with Crippen LogP contribution in [-0.2, 0) is 12.6 Å². The zero-order chi connectivity index (χ0) is 19.6. The fraction of sp³-hybridized carbons (Fsp3) is 0.150. The molecule has 0 N–H and O–H groups in total. The molecule has 27 heavy (non-hydrogen) atoms. The number of hydrogen-bond acceptors (Lipinski definition) is 5. The summed E-state index contributed by atoms with van der Waals surface area (Å²) in [6, 6.07) is 16.8. The molecular weight excluding hydrogens is 479 g/mol. The van der Waals surface area contributed by atoms with Crippen molar-refractivity contribution in [3.8, 4) is 0 Å². The Morgan fingerprint density at radius 2 is 1.56 bits per heavy atom. The van der Waals surface area contributed by atoms with Crippen molar-refractivity contribution >= 4 is 30.4 Å². The summed E-state index contributed by atoms with van der Waals surface area (Å²) < 4.78 is 38.1. The second-order valence-electron chi connectivity index (χ2n) is 5.97. The first-order valence-corrected chi connectivity index (χ1v) is 12.6. The fourth-order valence-electron chi connectivity index (χ4n) is 2.47. The molecule has 0 unspecified atom stereocenters. The van der Waals surface area contributed by atoms with Crippen LogP contribution in [0.15, 0.2) is 74.8 Å². The predicted molar refractivity (Wildman–Crippen MR) is 112 cm³/mol. The first kappa shape index (κ1) is 19.8. The molecule has 142 valence electrons. The summed E-state index contributed by atoms with van der Waals surface area (Å²) in [6.07, 6.45) is 0. The maximum absolute atomic E-state index is 12.9. The molecule has 0 radical (unpaired) electrons. The second kappa shape index (κ2) is 7.95. The van der Waals surface area contributed by atoms with Gasteiger partial charge in [-0.1, -0.05) is 0 Å². The zero-order valence-electron chi connectivity index (χ0n) is 15.1. The molecule has 0 atom stereocenters. The summed E-state index contributed by atoms with van der Waals surface area (Å²) in [5, 5.41) is 0. The van der Waals surface area contributed by atoms with Crippen LogP contribution in [0.1, 0.15) is 17.1 Å². The van der Waals surface area contributed by atoms with Crippen molar-refractivity contribution in [1.29, 1.82) is 0 Å². The van der Waals surface area contributed by atoms with E-state index in [1.807, 2.05) is 13.0 Å². The molecule has 0 bridgehead atoms. The van der Waals surface area contributed by atoms with Crippen molar-refractivity contribution in [2.75, 3.05) is 0 Å². The molecule has 0 aliphatic carbocycles. The van der Waals surface area contributed by atoms with Crippen LogP contribution in [0.4, 0.5) is 0 Å². The van der Waals surface area contributed by atoms with Gasteiger partial charge in [-0.15, -0.1) is 0 Å². The molecule has 1 heterocycles. The molecule has 2 aromatic carbocycles. The first-order valence-electron chi connectivity index (χ1n) is 8.16. The number of rotatable bonds is 5. The Morgan fingerprint density at radius 3 is 2.15 bits per heavy atom. The van der Waals surface area contributed by atoms with Gasteiger partial charge in [-0.25, -0.2) is 0 Å². The van der Waals surface area contributed by atoms with E-state index in [1.165, 1.54) is 18.2 Å². The van der Waals surface area contributed by atoms with Gasteiger partial charge in [0.2, 0.25) is 0 Å². The topological polar surface area (TPSA) is 73.6 Å². The van der Waals surface area contributed by atoms with E-state index in [0.29, 0.717) is 18.7 Å². The summed E-state index contributed by atoms with van der Waals surface area (Å²) in [7, 11) is -4.03. The summed E-state index contributed by atoms with van der Waals surface area (Å²) in [5.74, 6) is 0.875. The molecule has 3 aromatic rings. The quantitative estimate of drug-likeness (QED) is 0.487. The van der Waals surface area contributed by atoms with Gasteiger partial charge in [0.15, 0.2) is 0 Å². The molecule has 0 saturated heterocycles. The van der Waals surface area contributed by atoms with Crippen molar-refractivity contribution in [1.82, 2.24) is 0 Å². The van der Waals surface area contributed by atoms with Crippen LogP contribution in [0, 0.1) is 27.9 Å². The summed E-state index contributed by atoms with van der Waals surface area (Å²) in [6.45, 7) is 5.23. The van der Waals surface area contributed by atoms with E-state index in [9.17, 15) is 13.2 Å². The summed E-state index contributed by atoms with van der Waals surface area (Å²) in [5.41, 5.74) is 0.687. The molecule has 0 saturated carbocycles. The Labute approximate surface area is 166 Å². The third-order valence-corrected chi connectivity index (χ3v) is 11.5. The summed E-state index contributed by atoms with van der Waals surface area (Å²) >= 11 is -3.07. The van der Waals surface area contributed by atoms with Gasteiger partial charge in [-0.3, -0.25) is 0 Å². The monoisotopic (exact) mass is 498 g/mol. The van der Waals surface area contributed by atoms with Crippen molar-refractivity contribution < 1.29 is 15.3 Å². The number of halogens is 1. The fourth-order valence-corrected chi connectivity index (χ4v) is 9.65. The van der Waals surface area contributed by atoms with Crippen LogP contribution in [0.5, 0.6) is 0 Å². The average molecular weight is 498 g/mol. The van der Waals surface area contributed by atoms with Gasteiger partial charge in [0.1, 0.15) is 0 Å². The van der Waals surface area contributed by atoms with Crippen LogP contribution in [0.2, 0.25) is 0 Å². The number of benzene rings is 2. The number of hydrogen-bond donors (Lipinski definition) is 0. The van der Waals surface area contributed by atoms with Gasteiger partial charge >= 0.3 is 166 Å². The van der Waals surface area contributed by atoms with Crippen LogP contribution in [0.3, 0.4) is 0 Å². The van der Waals surface area contributed by atoms with Crippen molar-refractivity contribution in [3.05, 3.63) is 95.1 Å². The van der Waals surface area contributed by atoms with Crippen molar-refractivity contribution in [2.45, 2.75) is 25.7 Å². The van der Waals surface area contributed by atoms with Crippen LogP contribution in [0.25, 0.3) is 0 Å². The minimum absolute atomic E-state index is 0.0699. The van der Waals surface area contributed by atoms with Crippen LogP contribution < -0.4 is 5.43 Å².